The standard InChI is InChI=1S/C13H9FN2O6S/c14-11-6-3-9(7-12(11)16(19)20)15-23(21,22)10-4-1-8(2-5-10)13(17)18/h1-7,15H,(H,17,18). The quantitative estimate of drug-likeness (QED) is 0.635. The summed E-state index contributed by atoms with van der Waals surface area (Å²) in [6, 6.07) is 6.90. The Bertz CT molecular complexity index is 880. The largest absolute Gasteiger partial charge is 0.478 e. The zero-order chi connectivity index (χ0) is 17.2. The van der Waals surface area contributed by atoms with E-state index in [1.807, 2.05) is 0 Å². The summed E-state index contributed by atoms with van der Waals surface area (Å²) in [5, 5.41) is 19.4. The number of rotatable bonds is 5. The first-order chi connectivity index (χ1) is 10.7. The van der Waals surface area contributed by atoms with E-state index in [-0.39, 0.29) is 16.1 Å². The lowest BCUT2D eigenvalue weighted by Crippen LogP contribution is -2.13. The van der Waals surface area contributed by atoms with E-state index >= 15 is 0 Å². The fourth-order valence-corrected chi connectivity index (χ4v) is 2.76. The third-order valence-corrected chi connectivity index (χ3v) is 4.20. The summed E-state index contributed by atoms with van der Waals surface area (Å²) in [7, 11) is -4.10. The highest BCUT2D eigenvalue weighted by molar-refractivity contribution is 7.92. The van der Waals surface area contributed by atoms with E-state index in [9.17, 15) is 27.7 Å². The molecule has 0 amide bonds. The number of benzene rings is 2. The van der Waals surface area contributed by atoms with Crippen molar-refractivity contribution in [3.63, 3.8) is 0 Å². The van der Waals surface area contributed by atoms with Gasteiger partial charge in [-0.05, 0) is 36.4 Å². The number of sulfonamides is 1. The Morgan fingerprint density at radius 2 is 1.78 bits per heavy atom. The third-order valence-electron chi connectivity index (χ3n) is 2.81. The molecule has 2 aromatic rings. The SMILES string of the molecule is O=C(O)c1ccc(S(=O)(=O)Nc2ccc(F)c([N+](=O)[O-])c2)cc1. The summed E-state index contributed by atoms with van der Waals surface area (Å²) in [5.41, 5.74) is -1.16. The summed E-state index contributed by atoms with van der Waals surface area (Å²) in [4.78, 5) is 20.1. The molecule has 0 fully saturated rings. The van der Waals surface area contributed by atoms with Crippen LogP contribution in [-0.2, 0) is 10.0 Å². The molecule has 2 aromatic carbocycles. The summed E-state index contributed by atoms with van der Waals surface area (Å²) in [6.45, 7) is 0. The van der Waals surface area contributed by atoms with Crippen molar-refractivity contribution in [1.82, 2.24) is 0 Å². The lowest BCUT2D eigenvalue weighted by atomic mass is 10.2. The van der Waals surface area contributed by atoms with Crippen LogP contribution in [0.5, 0.6) is 0 Å². The first-order valence-electron chi connectivity index (χ1n) is 6.01. The van der Waals surface area contributed by atoms with E-state index in [0.29, 0.717) is 0 Å². The summed E-state index contributed by atoms with van der Waals surface area (Å²) >= 11 is 0. The lowest BCUT2D eigenvalue weighted by Gasteiger charge is -2.08. The Morgan fingerprint density at radius 1 is 1.17 bits per heavy atom. The van der Waals surface area contributed by atoms with Crippen LogP contribution in [0, 0.1) is 15.9 Å². The molecule has 0 heterocycles. The van der Waals surface area contributed by atoms with E-state index in [2.05, 4.69) is 4.72 Å². The number of carboxylic acid groups (broad SMARTS) is 1. The molecule has 2 rings (SSSR count). The Kier molecular flexibility index (Phi) is 4.27. The van der Waals surface area contributed by atoms with Gasteiger partial charge in [0, 0.05) is 6.07 Å². The average molecular weight is 340 g/mol. The van der Waals surface area contributed by atoms with Crippen LogP contribution in [0.2, 0.25) is 0 Å². The van der Waals surface area contributed by atoms with Gasteiger partial charge < -0.3 is 5.11 Å². The van der Waals surface area contributed by atoms with Gasteiger partial charge in [-0.15, -0.1) is 0 Å². The average Bonchev–Trinajstić information content (AvgIpc) is 2.48. The minimum absolute atomic E-state index is 0.0960. The van der Waals surface area contributed by atoms with Crippen molar-refractivity contribution < 1.29 is 27.6 Å². The highest BCUT2D eigenvalue weighted by Crippen LogP contribution is 2.24. The molecule has 0 saturated carbocycles. The number of carbonyl (C=O) groups is 1. The van der Waals surface area contributed by atoms with Crippen LogP contribution in [-0.4, -0.2) is 24.4 Å². The molecule has 0 spiro atoms. The van der Waals surface area contributed by atoms with E-state index < -0.39 is 32.4 Å². The number of hydrogen-bond acceptors (Lipinski definition) is 5. The molecule has 120 valence electrons. The van der Waals surface area contributed by atoms with Gasteiger partial charge in [0.25, 0.3) is 10.0 Å². The number of hydrogen-bond donors (Lipinski definition) is 2. The normalized spacial score (nSPS) is 11.0. The molecule has 0 bridgehead atoms. The molecule has 0 radical (unpaired) electrons. The van der Waals surface area contributed by atoms with Crippen LogP contribution < -0.4 is 4.72 Å². The van der Waals surface area contributed by atoms with Gasteiger partial charge in [-0.3, -0.25) is 14.8 Å². The maximum Gasteiger partial charge on any atom is 0.335 e. The number of anilines is 1. The van der Waals surface area contributed by atoms with Crippen molar-refractivity contribution in [2.45, 2.75) is 4.90 Å². The Hall–Kier alpha value is -3.01. The van der Waals surface area contributed by atoms with E-state index in [4.69, 9.17) is 5.11 Å². The molecule has 0 aliphatic carbocycles. The predicted molar refractivity (Wildman–Crippen MR) is 77.3 cm³/mol. The fraction of sp³-hybridized carbons (Fsp3) is 0. The van der Waals surface area contributed by atoms with Gasteiger partial charge in [0.1, 0.15) is 0 Å². The number of nitrogens with zero attached hydrogens (tertiary/aromatic N) is 1. The Balaban J connectivity index is 2.33. The predicted octanol–water partition coefficient (Wildman–Crippen LogP) is 2.23. The van der Waals surface area contributed by atoms with Gasteiger partial charge in [0.05, 0.1) is 21.1 Å². The van der Waals surface area contributed by atoms with Crippen LogP contribution in [0.3, 0.4) is 0 Å². The smallest absolute Gasteiger partial charge is 0.335 e. The summed E-state index contributed by atoms with van der Waals surface area (Å²) in [6.07, 6.45) is 0. The second-order valence-corrected chi connectivity index (χ2v) is 6.04. The third kappa shape index (κ3) is 3.61. The van der Waals surface area contributed by atoms with E-state index in [1.54, 1.807) is 0 Å². The zero-order valence-corrected chi connectivity index (χ0v) is 12.1. The van der Waals surface area contributed by atoms with Crippen LogP contribution in [0.25, 0.3) is 0 Å². The minimum atomic E-state index is -4.10. The molecule has 0 saturated heterocycles. The van der Waals surface area contributed by atoms with Crippen molar-refractivity contribution in [3.05, 3.63) is 64.0 Å². The highest BCUT2D eigenvalue weighted by Gasteiger charge is 2.19. The lowest BCUT2D eigenvalue weighted by molar-refractivity contribution is -0.387. The number of aromatic carboxylic acids is 1. The number of carboxylic acids is 1. The monoisotopic (exact) mass is 340 g/mol. The summed E-state index contributed by atoms with van der Waals surface area (Å²) in [5.74, 6) is -2.31. The van der Waals surface area contributed by atoms with Gasteiger partial charge in [-0.1, -0.05) is 0 Å². The van der Waals surface area contributed by atoms with Crippen molar-refractivity contribution >= 4 is 27.4 Å². The molecule has 2 N–H and O–H groups in total. The Labute approximate surface area is 129 Å². The number of nitrogens with one attached hydrogen (secondary N) is 1. The van der Waals surface area contributed by atoms with Crippen molar-refractivity contribution in [1.29, 1.82) is 0 Å². The maximum absolute atomic E-state index is 13.2. The molecule has 0 aromatic heterocycles. The van der Waals surface area contributed by atoms with Crippen LogP contribution in [0.1, 0.15) is 10.4 Å². The molecule has 8 nitrogen and oxygen atoms in total. The van der Waals surface area contributed by atoms with E-state index in [1.165, 1.54) is 0 Å². The molecule has 0 aliphatic rings. The van der Waals surface area contributed by atoms with Gasteiger partial charge in [-0.2, -0.15) is 4.39 Å². The number of nitro benzene ring substituents is 1. The number of halogens is 1. The van der Waals surface area contributed by atoms with Gasteiger partial charge >= 0.3 is 11.7 Å². The topological polar surface area (TPSA) is 127 Å². The molecular formula is C13H9FN2O6S. The van der Waals surface area contributed by atoms with Crippen molar-refractivity contribution in [2.24, 2.45) is 0 Å². The Morgan fingerprint density at radius 3 is 2.30 bits per heavy atom. The summed E-state index contributed by atoms with van der Waals surface area (Å²) < 4.78 is 39.5. The minimum Gasteiger partial charge on any atom is -0.478 e. The first-order valence-corrected chi connectivity index (χ1v) is 7.49. The van der Waals surface area contributed by atoms with Crippen LogP contribution in [0.15, 0.2) is 47.4 Å². The van der Waals surface area contributed by atoms with Crippen molar-refractivity contribution in [2.75, 3.05) is 4.72 Å². The molecule has 10 heteroatoms. The van der Waals surface area contributed by atoms with Crippen LogP contribution >= 0.6 is 0 Å². The zero-order valence-electron chi connectivity index (χ0n) is 11.3. The van der Waals surface area contributed by atoms with Gasteiger partial charge in [-0.25, -0.2) is 13.2 Å². The number of nitro groups is 1. The molecule has 0 unspecified atom stereocenters. The maximum atomic E-state index is 13.2. The van der Waals surface area contributed by atoms with Gasteiger partial charge in [0.2, 0.25) is 5.82 Å². The molecule has 0 atom stereocenters. The first kappa shape index (κ1) is 16.4. The van der Waals surface area contributed by atoms with Gasteiger partial charge in [0.15, 0.2) is 0 Å². The fourth-order valence-electron chi connectivity index (χ4n) is 1.71. The van der Waals surface area contributed by atoms with Crippen molar-refractivity contribution in [3.8, 4) is 0 Å². The highest BCUT2D eigenvalue weighted by atomic mass is 32.2. The molecular weight excluding hydrogens is 331 g/mol. The second kappa shape index (κ2) is 6.01. The van der Waals surface area contributed by atoms with Crippen LogP contribution in [0.4, 0.5) is 15.8 Å². The molecule has 0 aliphatic heterocycles. The second-order valence-electron chi connectivity index (χ2n) is 4.36. The molecule has 23 heavy (non-hydrogen) atoms. The van der Waals surface area contributed by atoms with E-state index in [0.717, 1.165) is 42.5 Å².